The molecule has 0 saturated carbocycles. The molecule has 1 aliphatic heterocycles. The topological polar surface area (TPSA) is 79.5 Å². The Bertz CT molecular complexity index is 638. The average molecular weight is 273 g/mol. The lowest BCUT2D eigenvalue weighted by atomic mass is 10.1. The molecule has 3 heterocycles. The molecule has 3 rings (SSSR count). The summed E-state index contributed by atoms with van der Waals surface area (Å²) >= 11 is 0. The first-order chi connectivity index (χ1) is 9.66. The van der Waals surface area contributed by atoms with Crippen molar-refractivity contribution >= 4 is 5.91 Å². The Kier molecular flexibility index (Phi) is 3.14. The summed E-state index contributed by atoms with van der Waals surface area (Å²) in [5.74, 6) is 0.306. The number of rotatable bonds is 2. The van der Waals surface area contributed by atoms with Crippen molar-refractivity contribution < 1.29 is 14.4 Å². The minimum Gasteiger partial charge on any atom is -0.505 e. The minimum atomic E-state index is -0.278. The SMILES string of the molecule is Cc1cc([C@H]2CCCN2C(=O)c2ncccc2O)on1. The fraction of sp³-hybridized carbons (Fsp3) is 0.357. The van der Waals surface area contributed by atoms with Crippen LogP contribution in [0, 0.1) is 6.92 Å². The van der Waals surface area contributed by atoms with Gasteiger partial charge in [0.05, 0.1) is 11.7 Å². The van der Waals surface area contributed by atoms with Crippen LogP contribution in [0.3, 0.4) is 0 Å². The van der Waals surface area contributed by atoms with Gasteiger partial charge in [-0.25, -0.2) is 4.98 Å². The van der Waals surface area contributed by atoms with Crippen molar-refractivity contribution in [1.82, 2.24) is 15.0 Å². The standard InChI is InChI=1S/C14H15N3O3/c1-9-8-12(20-16-9)10-4-3-7-17(10)14(19)13-11(18)5-2-6-15-13/h2,5-6,8,10,18H,3-4,7H2,1H3/t10-/m1/s1. The summed E-state index contributed by atoms with van der Waals surface area (Å²) in [6.45, 7) is 2.47. The highest BCUT2D eigenvalue weighted by Crippen LogP contribution is 2.34. The molecule has 2 aromatic heterocycles. The predicted molar refractivity (Wildman–Crippen MR) is 70.2 cm³/mol. The van der Waals surface area contributed by atoms with Crippen molar-refractivity contribution in [2.24, 2.45) is 0 Å². The summed E-state index contributed by atoms with van der Waals surface area (Å²) in [7, 11) is 0. The fourth-order valence-corrected chi connectivity index (χ4v) is 2.54. The summed E-state index contributed by atoms with van der Waals surface area (Å²) in [4.78, 5) is 18.2. The number of nitrogens with zero attached hydrogens (tertiary/aromatic N) is 3. The summed E-state index contributed by atoms with van der Waals surface area (Å²) in [6.07, 6.45) is 3.22. The first kappa shape index (κ1) is 12.7. The summed E-state index contributed by atoms with van der Waals surface area (Å²) < 4.78 is 5.27. The second kappa shape index (κ2) is 4.96. The number of carbonyl (C=O) groups is 1. The van der Waals surface area contributed by atoms with Crippen molar-refractivity contribution in [3.63, 3.8) is 0 Å². The molecule has 0 bridgehead atoms. The zero-order valence-electron chi connectivity index (χ0n) is 11.1. The number of amides is 1. The van der Waals surface area contributed by atoms with Gasteiger partial charge in [-0.05, 0) is 31.9 Å². The first-order valence-electron chi connectivity index (χ1n) is 6.55. The molecule has 2 aromatic rings. The van der Waals surface area contributed by atoms with E-state index in [1.54, 1.807) is 11.0 Å². The van der Waals surface area contributed by atoms with Gasteiger partial charge in [-0.1, -0.05) is 5.16 Å². The van der Waals surface area contributed by atoms with Gasteiger partial charge in [-0.15, -0.1) is 0 Å². The third-order valence-corrected chi connectivity index (χ3v) is 3.48. The lowest BCUT2D eigenvalue weighted by molar-refractivity contribution is 0.0705. The highest BCUT2D eigenvalue weighted by atomic mass is 16.5. The number of aryl methyl sites for hydroxylation is 1. The van der Waals surface area contributed by atoms with E-state index in [1.165, 1.54) is 12.3 Å². The number of pyridine rings is 1. The molecule has 1 saturated heterocycles. The molecule has 1 N–H and O–H groups in total. The first-order valence-corrected chi connectivity index (χ1v) is 6.55. The van der Waals surface area contributed by atoms with Crippen LogP contribution in [0.2, 0.25) is 0 Å². The summed E-state index contributed by atoms with van der Waals surface area (Å²) in [6, 6.07) is 4.76. The van der Waals surface area contributed by atoms with Gasteiger partial charge in [0.2, 0.25) is 0 Å². The number of carbonyl (C=O) groups excluding carboxylic acids is 1. The molecule has 104 valence electrons. The lowest BCUT2D eigenvalue weighted by Crippen LogP contribution is -2.31. The van der Waals surface area contributed by atoms with Crippen LogP contribution in [0.15, 0.2) is 28.9 Å². The number of aromatic nitrogens is 2. The Hall–Kier alpha value is -2.37. The van der Waals surface area contributed by atoms with E-state index < -0.39 is 0 Å². The minimum absolute atomic E-state index is 0.0793. The smallest absolute Gasteiger partial charge is 0.276 e. The Morgan fingerprint density at radius 1 is 1.55 bits per heavy atom. The third-order valence-electron chi connectivity index (χ3n) is 3.48. The number of hydrogen-bond donors (Lipinski definition) is 1. The Balaban J connectivity index is 1.89. The Morgan fingerprint density at radius 3 is 3.10 bits per heavy atom. The number of likely N-dealkylation sites (tertiary alicyclic amines) is 1. The molecule has 0 aromatic carbocycles. The van der Waals surface area contributed by atoms with Crippen molar-refractivity contribution in [2.75, 3.05) is 6.54 Å². The molecular weight excluding hydrogens is 258 g/mol. The summed E-state index contributed by atoms with van der Waals surface area (Å²) in [5, 5.41) is 13.6. The van der Waals surface area contributed by atoms with Gasteiger partial charge in [-0.3, -0.25) is 4.79 Å². The Morgan fingerprint density at radius 2 is 2.40 bits per heavy atom. The zero-order chi connectivity index (χ0) is 14.1. The van der Waals surface area contributed by atoms with Crippen molar-refractivity contribution in [3.05, 3.63) is 41.5 Å². The van der Waals surface area contributed by atoms with E-state index in [2.05, 4.69) is 10.1 Å². The predicted octanol–water partition coefficient (Wildman–Crippen LogP) is 2.06. The largest absolute Gasteiger partial charge is 0.505 e. The van der Waals surface area contributed by atoms with Crippen LogP contribution in [0.4, 0.5) is 0 Å². The highest BCUT2D eigenvalue weighted by molar-refractivity contribution is 5.95. The van der Waals surface area contributed by atoms with E-state index >= 15 is 0 Å². The number of aromatic hydroxyl groups is 1. The van der Waals surface area contributed by atoms with E-state index in [1.807, 2.05) is 13.0 Å². The Labute approximate surface area is 116 Å². The molecule has 20 heavy (non-hydrogen) atoms. The molecule has 1 fully saturated rings. The van der Waals surface area contributed by atoms with Crippen LogP contribution in [0.1, 0.15) is 40.8 Å². The van der Waals surface area contributed by atoms with Crippen LogP contribution in [0.25, 0.3) is 0 Å². The van der Waals surface area contributed by atoms with E-state index in [9.17, 15) is 9.90 Å². The van der Waals surface area contributed by atoms with Gasteiger partial charge in [-0.2, -0.15) is 0 Å². The second-order valence-electron chi connectivity index (χ2n) is 4.90. The van der Waals surface area contributed by atoms with Crippen molar-refractivity contribution in [3.8, 4) is 5.75 Å². The highest BCUT2D eigenvalue weighted by Gasteiger charge is 2.34. The second-order valence-corrected chi connectivity index (χ2v) is 4.90. The van der Waals surface area contributed by atoms with Crippen LogP contribution in [-0.2, 0) is 0 Å². The van der Waals surface area contributed by atoms with E-state index in [-0.39, 0.29) is 23.4 Å². The molecule has 0 spiro atoms. The molecule has 0 unspecified atom stereocenters. The van der Waals surface area contributed by atoms with Crippen LogP contribution in [-0.4, -0.2) is 32.6 Å². The van der Waals surface area contributed by atoms with E-state index in [0.717, 1.165) is 18.5 Å². The van der Waals surface area contributed by atoms with Gasteiger partial charge in [0.25, 0.3) is 5.91 Å². The molecule has 1 atom stereocenters. The van der Waals surface area contributed by atoms with Gasteiger partial charge in [0, 0.05) is 18.8 Å². The normalized spacial score (nSPS) is 18.4. The maximum Gasteiger partial charge on any atom is 0.276 e. The fourth-order valence-electron chi connectivity index (χ4n) is 2.54. The van der Waals surface area contributed by atoms with E-state index in [0.29, 0.717) is 12.3 Å². The molecule has 1 amide bonds. The third kappa shape index (κ3) is 2.13. The molecular formula is C14H15N3O3. The van der Waals surface area contributed by atoms with Gasteiger partial charge >= 0.3 is 0 Å². The lowest BCUT2D eigenvalue weighted by Gasteiger charge is -2.22. The van der Waals surface area contributed by atoms with E-state index in [4.69, 9.17) is 4.52 Å². The number of hydrogen-bond acceptors (Lipinski definition) is 5. The maximum atomic E-state index is 12.5. The molecule has 6 nitrogen and oxygen atoms in total. The molecule has 0 radical (unpaired) electrons. The van der Waals surface area contributed by atoms with Crippen LogP contribution >= 0.6 is 0 Å². The van der Waals surface area contributed by atoms with Crippen LogP contribution in [0.5, 0.6) is 5.75 Å². The maximum absolute atomic E-state index is 12.5. The summed E-state index contributed by atoms with van der Waals surface area (Å²) in [5.41, 5.74) is 0.871. The van der Waals surface area contributed by atoms with Crippen molar-refractivity contribution in [2.45, 2.75) is 25.8 Å². The average Bonchev–Trinajstić information content (AvgIpc) is 3.06. The monoisotopic (exact) mass is 273 g/mol. The zero-order valence-corrected chi connectivity index (χ0v) is 11.1. The van der Waals surface area contributed by atoms with Gasteiger partial charge in [0.1, 0.15) is 5.75 Å². The quantitative estimate of drug-likeness (QED) is 0.906. The van der Waals surface area contributed by atoms with Gasteiger partial charge < -0.3 is 14.5 Å². The van der Waals surface area contributed by atoms with Gasteiger partial charge in [0.15, 0.2) is 11.5 Å². The molecule has 6 heteroatoms. The molecule has 0 aliphatic carbocycles. The van der Waals surface area contributed by atoms with Crippen molar-refractivity contribution in [1.29, 1.82) is 0 Å². The van der Waals surface area contributed by atoms with Crippen LogP contribution < -0.4 is 0 Å². The molecule has 1 aliphatic rings.